The number of amides is 2. The molecule has 1 aromatic carbocycles. The summed E-state index contributed by atoms with van der Waals surface area (Å²) in [6.07, 6.45) is 0. The lowest BCUT2D eigenvalue weighted by molar-refractivity contribution is -0.139. The highest BCUT2D eigenvalue weighted by Crippen LogP contribution is 2.13. The minimum absolute atomic E-state index is 0.127. The van der Waals surface area contributed by atoms with E-state index in [2.05, 4.69) is 15.4 Å². The summed E-state index contributed by atoms with van der Waals surface area (Å²) >= 11 is 0. The van der Waals surface area contributed by atoms with Crippen molar-refractivity contribution in [1.29, 1.82) is 0 Å². The Morgan fingerprint density at radius 2 is 2.05 bits per heavy atom. The third-order valence-corrected chi connectivity index (χ3v) is 2.95. The zero-order valence-electron chi connectivity index (χ0n) is 10.0. The summed E-state index contributed by atoms with van der Waals surface area (Å²) < 4.78 is 26.6. The lowest BCUT2D eigenvalue weighted by Crippen LogP contribution is -2.33. The Morgan fingerprint density at radius 3 is 2.63 bits per heavy atom. The summed E-state index contributed by atoms with van der Waals surface area (Å²) in [6.45, 7) is -0.294. The van der Waals surface area contributed by atoms with Crippen molar-refractivity contribution in [2.75, 3.05) is 19.0 Å². The predicted molar refractivity (Wildman–Crippen MR) is 66.9 cm³/mol. The molecule has 0 saturated heterocycles. The van der Waals surface area contributed by atoms with E-state index in [1.165, 1.54) is 31.4 Å². The Kier molecular flexibility index (Phi) is 4.84. The van der Waals surface area contributed by atoms with Gasteiger partial charge in [-0.15, -0.1) is 0 Å². The summed E-state index contributed by atoms with van der Waals surface area (Å²) in [5, 5.41) is 9.55. The highest BCUT2D eigenvalue weighted by atomic mass is 32.2. The van der Waals surface area contributed by atoms with Crippen LogP contribution in [-0.4, -0.2) is 34.1 Å². The van der Waals surface area contributed by atoms with Gasteiger partial charge in [0.25, 0.3) is 0 Å². The Bertz CT molecular complexity index is 585. The summed E-state index contributed by atoms with van der Waals surface area (Å²) in [4.78, 5) is 22.1. The van der Waals surface area contributed by atoms with Crippen LogP contribution >= 0.6 is 0 Å². The molecule has 0 unspecified atom stereocenters. The van der Waals surface area contributed by atoms with E-state index in [1.54, 1.807) is 0 Å². The van der Waals surface area contributed by atoms with E-state index in [-0.39, 0.29) is 17.1 Å². The van der Waals surface area contributed by atoms with Gasteiger partial charge in [0, 0.05) is 5.69 Å². The zero-order chi connectivity index (χ0) is 14.5. The molecule has 0 fully saturated rings. The summed E-state index contributed by atoms with van der Waals surface area (Å²) in [5.41, 5.74) is 0.230. The molecule has 0 radical (unpaired) electrons. The van der Waals surface area contributed by atoms with Crippen LogP contribution in [0, 0.1) is 0 Å². The molecule has 0 bridgehead atoms. The first-order chi connectivity index (χ1) is 8.82. The molecule has 0 aliphatic rings. The smallest absolute Gasteiger partial charge is 0.325 e. The Labute approximate surface area is 110 Å². The minimum Gasteiger partial charge on any atom is -0.468 e. The molecule has 0 aliphatic heterocycles. The van der Waals surface area contributed by atoms with Gasteiger partial charge in [-0.05, 0) is 18.2 Å². The Morgan fingerprint density at radius 1 is 1.37 bits per heavy atom. The topological polar surface area (TPSA) is 128 Å². The van der Waals surface area contributed by atoms with Crippen LogP contribution in [0.5, 0.6) is 0 Å². The van der Waals surface area contributed by atoms with Crippen molar-refractivity contribution in [2.45, 2.75) is 4.90 Å². The Hall–Kier alpha value is -2.13. The van der Waals surface area contributed by atoms with Crippen molar-refractivity contribution in [3.05, 3.63) is 24.3 Å². The molecular weight excluding hydrogens is 274 g/mol. The van der Waals surface area contributed by atoms with Crippen LogP contribution in [0.1, 0.15) is 0 Å². The number of esters is 1. The highest BCUT2D eigenvalue weighted by Gasteiger charge is 2.10. The van der Waals surface area contributed by atoms with Gasteiger partial charge in [-0.2, -0.15) is 0 Å². The van der Waals surface area contributed by atoms with Crippen molar-refractivity contribution in [3.63, 3.8) is 0 Å². The fourth-order valence-electron chi connectivity index (χ4n) is 1.15. The second-order valence-electron chi connectivity index (χ2n) is 3.46. The molecule has 4 N–H and O–H groups in total. The number of carbonyl (C=O) groups excluding carboxylic acids is 2. The van der Waals surface area contributed by atoms with Crippen LogP contribution in [0.3, 0.4) is 0 Å². The SMILES string of the molecule is COC(=O)CNC(=O)Nc1cccc(S(N)(=O)=O)c1. The van der Waals surface area contributed by atoms with Gasteiger partial charge < -0.3 is 15.4 Å². The van der Waals surface area contributed by atoms with Crippen molar-refractivity contribution >= 4 is 27.7 Å². The first kappa shape index (κ1) is 14.9. The molecular formula is C10H13N3O5S. The van der Waals surface area contributed by atoms with Crippen LogP contribution in [0.25, 0.3) is 0 Å². The van der Waals surface area contributed by atoms with Crippen LogP contribution in [0.2, 0.25) is 0 Å². The van der Waals surface area contributed by atoms with E-state index < -0.39 is 22.0 Å². The largest absolute Gasteiger partial charge is 0.468 e. The standard InChI is InChI=1S/C10H13N3O5S/c1-18-9(14)6-12-10(15)13-7-3-2-4-8(5-7)19(11,16)17/h2-5H,6H2,1H3,(H2,11,16,17)(H2,12,13,15). The van der Waals surface area contributed by atoms with Crippen molar-refractivity contribution < 1.29 is 22.7 Å². The summed E-state index contributed by atoms with van der Waals surface area (Å²) in [7, 11) is -2.64. The number of hydrogen-bond acceptors (Lipinski definition) is 5. The molecule has 0 atom stereocenters. The fraction of sp³-hybridized carbons (Fsp3) is 0.200. The molecule has 0 heterocycles. The second kappa shape index (κ2) is 6.16. The maximum absolute atomic E-state index is 11.4. The normalized spacial score (nSPS) is 10.6. The van der Waals surface area contributed by atoms with Gasteiger partial charge in [-0.3, -0.25) is 4.79 Å². The molecule has 2 amide bonds. The molecule has 0 spiro atoms. The number of methoxy groups -OCH3 is 1. The zero-order valence-corrected chi connectivity index (χ0v) is 10.9. The van der Waals surface area contributed by atoms with Gasteiger partial charge in [-0.25, -0.2) is 18.4 Å². The van der Waals surface area contributed by atoms with Crippen molar-refractivity contribution in [1.82, 2.24) is 5.32 Å². The number of urea groups is 1. The first-order valence-corrected chi connectivity index (χ1v) is 6.62. The van der Waals surface area contributed by atoms with Gasteiger partial charge in [-0.1, -0.05) is 6.07 Å². The van der Waals surface area contributed by atoms with Crippen molar-refractivity contribution in [3.8, 4) is 0 Å². The highest BCUT2D eigenvalue weighted by molar-refractivity contribution is 7.89. The van der Waals surface area contributed by atoms with Crippen molar-refractivity contribution in [2.24, 2.45) is 5.14 Å². The maximum atomic E-state index is 11.4. The Balaban J connectivity index is 2.68. The van der Waals surface area contributed by atoms with E-state index >= 15 is 0 Å². The molecule has 1 aromatic rings. The predicted octanol–water partition coefficient (Wildman–Crippen LogP) is -0.371. The number of nitrogens with one attached hydrogen (secondary N) is 2. The molecule has 9 heteroatoms. The quantitative estimate of drug-likeness (QED) is 0.651. The number of primary sulfonamides is 1. The number of hydrogen-bond donors (Lipinski definition) is 3. The maximum Gasteiger partial charge on any atom is 0.325 e. The van der Waals surface area contributed by atoms with Crippen LogP contribution in [0.4, 0.5) is 10.5 Å². The van der Waals surface area contributed by atoms with E-state index in [1.807, 2.05) is 0 Å². The van der Waals surface area contributed by atoms with Gasteiger partial charge in [0.1, 0.15) is 6.54 Å². The molecule has 0 aromatic heterocycles. The van der Waals surface area contributed by atoms with Gasteiger partial charge >= 0.3 is 12.0 Å². The van der Waals surface area contributed by atoms with Gasteiger partial charge in [0.15, 0.2) is 0 Å². The number of benzene rings is 1. The minimum atomic E-state index is -3.84. The molecule has 19 heavy (non-hydrogen) atoms. The first-order valence-electron chi connectivity index (χ1n) is 5.07. The van der Waals surface area contributed by atoms with E-state index in [9.17, 15) is 18.0 Å². The van der Waals surface area contributed by atoms with Gasteiger partial charge in [0.05, 0.1) is 12.0 Å². The van der Waals surface area contributed by atoms with Crippen LogP contribution < -0.4 is 15.8 Å². The number of nitrogens with two attached hydrogens (primary N) is 1. The summed E-state index contributed by atoms with van der Waals surface area (Å²) in [5.74, 6) is -0.603. The van der Waals surface area contributed by atoms with Crippen LogP contribution in [-0.2, 0) is 19.6 Å². The lowest BCUT2D eigenvalue weighted by atomic mass is 10.3. The molecule has 0 saturated carbocycles. The lowest BCUT2D eigenvalue weighted by Gasteiger charge is -2.07. The fourth-order valence-corrected chi connectivity index (χ4v) is 1.71. The van der Waals surface area contributed by atoms with E-state index in [0.717, 1.165) is 0 Å². The third kappa shape index (κ3) is 4.94. The number of rotatable bonds is 4. The number of anilines is 1. The van der Waals surface area contributed by atoms with E-state index in [4.69, 9.17) is 5.14 Å². The molecule has 1 rings (SSSR count). The monoisotopic (exact) mass is 287 g/mol. The number of sulfonamides is 1. The average molecular weight is 287 g/mol. The average Bonchev–Trinajstić information content (AvgIpc) is 2.35. The molecule has 8 nitrogen and oxygen atoms in total. The van der Waals surface area contributed by atoms with E-state index in [0.29, 0.717) is 0 Å². The second-order valence-corrected chi connectivity index (χ2v) is 5.02. The number of carbonyl (C=O) groups is 2. The summed E-state index contributed by atoms with van der Waals surface area (Å²) in [6, 6.07) is 4.74. The van der Waals surface area contributed by atoms with Crippen LogP contribution in [0.15, 0.2) is 29.2 Å². The molecule has 0 aliphatic carbocycles. The molecule has 104 valence electrons. The third-order valence-electron chi connectivity index (χ3n) is 2.04. The number of ether oxygens (including phenoxy) is 1. The van der Waals surface area contributed by atoms with Gasteiger partial charge in [0.2, 0.25) is 10.0 Å².